The zero-order valence-corrected chi connectivity index (χ0v) is 20.5. The van der Waals surface area contributed by atoms with Crippen LogP contribution in [-0.4, -0.2) is 74.1 Å². The molecule has 11 atom stereocenters. The van der Waals surface area contributed by atoms with Crippen LogP contribution in [0.4, 0.5) is 0 Å². The Labute approximate surface area is 197 Å². The van der Waals surface area contributed by atoms with E-state index in [0.717, 1.165) is 12.8 Å². The largest absolute Gasteiger partial charge is 0.396 e. The van der Waals surface area contributed by atoms with Gasteiger partial charge in [-0.15, -0.1) is 0 Å². The van der Waals surface area contributed by atoms with Crippen LogP contribution in [0.3, 0.4) is 0 Å². The number of fused-ring (bicyclic) bond motifs is 1. The minimum atomic E-state index is -1.48. The molecule has 0 aromatic carbocycles. The Kier molecular flexibility index (Phi) is 8.14. The van der Waals surface area contributed by atoms with E-state index in [1.165, 1.54) is 0 Å². The minimum absolute atomic E-state index is 0.00493. The molecular formula is C26H44O7. The third-order valence-electron chi connectivity index (χ3n) is 9.40. The van der Waals surface area contributed by atoms with Gasteiger partial charge < -0.3 is 30.6 Å². The van der Waals surface area contributed by atoms with Gasteiger partial charge in [-0.3, -0.25) is 4.79 Å². The smallest absolute Gasteiger partial charge is 0.145 e. The normalized spacial score (nSPS) is 47.3. The summed E-state index contributed by atoms with van der Waals surface area (Å²) in [5, 5.41) is 62.5. The van der Waals surface area contributed by atoms with E-state index in [-0.39, 0.29) is 48.4 Å². The van der Waals surface area contributed by atoms with Crippen LogP contribution in [0.1, 0.15) is 59.8 Å². The molecule has 3 rings (SSSR count). The molecule has 0 aromatic rings. The fraction of sp³-hybridized carbons (Fsp3) is 0.885. The first-order chi connectivity index (χ1) is 15.4. The Morgan fingerprint density at radius 2 is 1.67 bits per heavy atom. The molecule has 6 N–H and O–H groups in total. The average Bonchev–Trinajstić information content (AvgIpc) is 3.09. The molecule has 0 aromatic heterocycles. The van der Waals surface area contributed by atoms with E-state index in [1.807, 2.05) is 0 Å². The lowest BCUT2D eigenvalue weighted by Crippen LogP contribution is -2.67. The summed E-state index contributed by atoms with van der Waals surface area (Å²) < 4.78 is 0. The minimum Gasteiger partial charge on any atom is -0.396 e. The lowest BCUT2D eigenvalue weighted by molar-refractivity contribution is -0.216. The van der Waals surface area contributed by atoms with Crippen molar-refractivity contribution in [3.05, 3.63) is 12.2 Å². The first-order valence-corrected chi connectivity index (χ1v) is 12.6. The molecule has 0 saturated heterocycles. The zero-order chi connectivity index (χ0) is 24.7. The van der Waals surface area contributed by atoms with Crippen LogP contribution in [0.5, 0.6) is 0 Å². The standard InChI is InChI=1S/C26H44O7/c1-14(2)5-6-15(3)17-7-8-18(25(17,4)9-10-27)16-11-19(29)21-23(32)22(31)20(30)12-26(21,13-28)24(16)33/h5-6,14-23,27-32H,7-13H2,1-4H3/b6-5+/t15-,16?,17?,18?,19?,20?,21?,22?,23?,25?,26?/m1/s1. The van der Waals surface area contributed by atoms with Crippen molar-refractivity contribution < 1.29 is 35.4 Å². The van der Waals surface area contributed by atoms with Crippen LogP contribution in [0.25, 0.3) is 0 Å². The first-order valence-electron chi connectivity index (χ1n) is 12.6. The van der Waals surface area contributed by atoms with Crippen LogP contribution in [0, 0.1) is 46.3 Å². The van der Waals surface area contributed by atoms with Crippen LogP contribution < -0.4 is 0 Å². The van der Waals surface area contributed by atoms with E-state index >= 15 is 0 Å². The van der Waals surface area contributed by atoms with Crippen molar-refractivity contribution in [2.45, 2.75) is 84.2 Å². The van der Waals surface area contributed by atoms with Gasteiger partial charge in [0, 0.05) is 18.4 Å². The number of allylic oxidation sites excluding steroid dienone is 2. The number of hydrogen-bond donors (Lipinski definition) is 6. The summed E-state index contributed by atoms with van der Waals surface area (Å²) in [6.45, 7) is 7.99. The number of carbonyl (C=O) groups is 1. The number of rotatable bonds is 7. The summed E-state index contributed by atoms with van der Waals surface area (Å²) in [7, 11) is 0. The van der Waals surface area contributed by atoms with Crippen molar-refractivity contribution in [2.24, 2.45) is 46.3 Å². The molecule has 3 aliphatic carbocycles. The number of hydrogen-bond acceptors (Lipinski definition) is 7. The lowest BCUT2D eigenvalue weighted by Gasteiger charge is -2.56. The van der Waals surface area contributed by atoms with E-state index in [4.69, 9.17) is 0 Å². The van der Waals surface area contributed by atoms with Gasteiger partial charge in [-0.25, -0.2) is 0 Å². The number of Topliss-reactive ketones (excluding diaryl/α,β-unsaturated/α-hetero) is 1. The van der Waals surface area contributed by atoms with Gasteiger partial charge in [-0.2, -0.15) is 0 Å². The van der Waals surface area contributed by atoms with Gasteiger partial charge >= 0.3 is 0 Å². The molecule has 0 aliphatic heterocycles. The lowest BCUT2D eigenvalue weighted by atomic mass is 9.50. The zero-order valence-electron chi connectivity index (χ0n) is 20.5. The summed E-state index contributed by atoms with van der Waals surface area (Å²) >= 11 is 0. The van der Waals surface area contributed by atoms with Crippen molar-refractivity contribution in [3.8, 4) is 0 Å². The second kappa shape index (κ2) is 10.0. The van der Waals surface area contributed by atoms with E-state index in [1.54, 1.807) is 0 Å². The predicted octanol–water partition coefficient (Wildman–Crippen LogP) is 1.28. The van der Waals surface area contributed by atoms with Gasteiger partial charge in [0.05, 0.1) is 30.3 Å². The predicted molar refractivity (Wildman–Crippen MR) is 124 cm³/mol. The maximum absolute atomic E-state index is 14.0. The Hall–Kier alpha value is -0.830. The highest BCUT2D eigenvalue weighted by Gasteiger charge is 2.65. The average molecular weight is 469 g/mol. The molecule has 0 heterocycles. The van der Waals surface area contributed by atoms with E-state index in [0.29, 0.717) is 12.3 Å². The summed E-state index contributed by atoms with van der Waals surface area (Å²) in [5.74, 6) is -0.903. The molecule has 190 valence electrons. The third kappa shape index (κ3) is 4.45. The van der Waals surface area contributed by atoms with Gasteiger partial charge in [-0.05, 0) is 61.2 Å². The molecule has 10 unspecified atom stereocenters. The quantitative estimate of drug-likeness (QED) is 0.310. The summed E-state index contributed by atoms with van der Waals surface area (Å²) in [5.41, 5.74) is -1.81. The van der Waals surface area contributed by atoms with Crippen molar-refractivity contribution in [1.29, 1.82) is 0 Å². The van der Waals surface area contributed by atoms with Crippen LogP contribution in [0.2, 0.25) is 0 Å². The molecular weight excluding hydrogens is 424 g/mol. The van der Waals surface area contributed by atoms with Gasteiger partial charge in [0.25, 0.3) is 0 Å². The van der Waals surface area contributed by atoms with E-state index in [2.05, 4.69) is 39.8 Å². The molecule has 0 bridgehead atoms. The van der Waals surface area contributed by atoms with Crippen molar-refractivity contribution in [2.75, 3.05) is 13.2 Å². The Bertz CT molecular complexity index is 723. The molecule has 7 heteroatoms. The topological polar surface area (TPSA) is 138 Å². The molecule has 0 amide bonds. The van der Waals surface area contributed by atoms with E-state index in [9.17, 15) is 35.4 Å². The Morgan fingerprint density at radius 1 is 1.00 bits per heavy atom. The third-order valence-corrected chi connectivity index (χ3v) is 9.40. The van der Waals surface area contributed by atoms with Crippen molar-refractivity contribution in [1.82, 2.24) is 0 Å². The molecule has 3 aliphatic rings. The van der Waals surface area contributed by atoms with Crippen LogP contribution in [-0.2, 0) is 4.79 Å². The summed E-state index contributed by atoms with van der Waals surface area (Å²) in [6, 6.07) is 0. The number of carbonyl (C=O) groups excluding carboxylic acids is 1. The Balaban J connectivity index is 1.96. The highest BCUT2D eigenvalue weighted by molar-refractivity contribution is 5.89. The molecule has 3 fully saturated rings. The van der Waals surface area contributed by atoms with Gasteiger partial charge in [0.2, 0.25) is 0 Å². The number of ketones is 1. The molecule has 0 spiro atoms. The number of aliphatic hydroxyl groups is 6. The fourth-order valence-electron chi connectivity index (χ4n) is 7.70. The molecule has 0 radical (unpaired) electrons. The second-order valence-corrected chi connectivity index (χ2v) is 11.6. The van der Waals surface area contributed by atoms with E-state index < -0.39 is 48.3 Å². The highest BCUT2D eigenvalue weighted by atomic mass is 16.4. The highest BCUT2D eigenvalue weighted by Crippen LogP contribution is 2.60. The summed E-state index contributed by atoms with van der Waals surface area (Å²) in [4.78, 5) is 14.0. The molecule has 33 heavy (non-hydrogen) atoms. The van der Waals surface area contributed by atoms with Gasteiger partial charge in [0.1, 0.15) is 11.9 Å². The SMILES string of the molecule is CC(C)/C=C/[C@@H](C)C1CCC(C2CC(O)C3C(O)C(O)C(O)CC3(CO)C2=O)C1(C)CCO. The van der Waals surface area contributed by atoms with Gasteiger partial charge in [-0.1, -0.05) is 39.8 Å². The Morgan fingerprint density at radius 3 is 2.24 bits per heavy atom. The maximum Gasteiger partial charge on any atom is 0.145 e. The molecule has 7 nitrogen and oxygen atoms in total. The monoisotopic (exact) mass is 468 g/mol. The maximum atomic E-state index is 14.0. The molecule has 3 saturated carbocycles. The first kappa shape index (κ1) is 26.8. The van der Waals surface area contributed by atoms with Crippen LogP contribution in [0.15, 0.2) is 12.2 Å². The second-order valence-electron chi connectivity index (χ2n) is 11.6. The summed E-state index contributed by atoms with van der Waals surface area (Å²) in [6.07, 6.45) is 1.25. The number of aliphatic hydroxyl groups excluding tert-OH is 6. The van der Waals surface area contributed by atoms with Crippen molar-refractivity contribution in [3.63, 3.8) is 0 Å². The fourth-order valence-corrected chi connectivity index (χ4v) is 7.70. The van der Waals surface area contributed by atoms with Crippen molar-refractivity contribution >= 4 is 5.78 Å². The van der Waals surface area contributed by atoms with Crippen LogP contribution >= 0.6 is 0 Å². The van der Waals surface area contributed by atoms with Gasteiger partial charge in [0.15, 0.2) is 0 Å².